The van der Waals surface area contributed by atoms with Gasteiger partial charge in [-0.1, -0.05) is 12.1 Å². The highest BCUT2D eigenvalue weighted by Crippen LogP contribution is 2.30. The van der Waals surface area contributed by atoms with Crippen molar-refractivity contribution in [2.75, 3.05) is 0 Å². The van der Waals surface area contributed by atoms with E-state index >= 15 is 0 Å². The number of benzene rings is 2. The lowest BCUT2D eigenvalue weighted by Gasteiger charge is -2.10. The Kier molecular flexibility index (Phi) is 3.14. The third kappa shape index (κ3) is 2.20. The van der Waals surface area contributed by atoms with Gasteiger partial charge in [0.05, 0.1) is 11.9 Å². The predicted octanol–water partition coefficient (Wildman–Crippen LogP) is 1.87. The quantitative estimate of drug-likeness (QED) is 0.541. The molecule has 22 heavy (non-hydrogen) atoms. The standard InChI is InChI=1S/C16H13NO5/c18-12-3-1-2-10(15(12)21)8-17-5-4-9-6-13(19)14(20)7-11(9)16(17)22/h1-7,18-21H,8H2. The van der Waals surface area contributed by atoms with Crippen LogP contribution in [0, 0.1) is 0 Å². The van der Waals surface area contributed by atoms with Gasteiger partial charge in [-0.3, -0.25) is 4.79 Å². The van der Waals surface area contributed by atoms with Gasteiger partial charge in [-0.25, -0.2) is 0 Å². The Balaban J connectivity index is 2.12. The van der Waals surface area contributed by atoms with E-state index in [2.05, 4.69) is 0 Å². The average molecular weight is 299 g/mol. The Morgan fingerprint density at radius 2 is 1.64 bits per heavy atom. The summed E-state index contributed by atoms with van der Waals surface area (Å²) in [7, 11) is 0. The van der Waals surface area contributed by atoms with Crippen molar-refractivity contribution in [2.24, 2.45) is 0 Å². The van der Waals surface area contributed by atoms with Crippen molar-refractivity contribution in [3.63, 3.8) is 0 Å². The minimum Gasteiger partial charge on any atom is -0.504 e. The summed E-state index contributed by atoms with van der Waals surface area (Å²) in [6.45, 7) is 0.0661. The first kappa shape index (κ1) is 13.8. The second-order valence-corrected chi connectivity index (χ2v) is 4.96. The van der Waals surface area contributed by atoms with E-state index in [1.54, 1.807) is 18.2 Å². The highest BCUT2D eigenvalue weighted by molar-refractivity contribution is 5.84. The molecule has 3 rings (SSSR count). The first-order chi connectivity index (χ1) is 10.5. The summed E-state index contributed by atoms with van der Waals surface area (Å²) >= 11 is 0. The zero-order chi connectivity index (χ0) is 15.9. The number of hydrogen-bond donors (Lipinski definition) is 4. The lowest BCUT2D eigenvalue weighted by atomic mass is 10.1. The molecule has 112 valence electrons. The molecule has 0 radical (unpaired) electrons. The summed E-state index contributed by atoms with van der Waals surface area (Å²) in [5.74, 6) is -1.20. The molecule has 0 fully saturated rings. The number of aromatic nitrogens is 1. The maximum atomic E-state index is 12.4. The first-order valence-corrected chi connectivity index (χ1v) is 6.52. The largest absolute Gasteiger partial charge is 0.504 e. The molecule has 0 spiro atoms. The fourth-order valence-corrected chi connectivity index (χ4v) is 2.32. The van der Waals surface area contributed by atoms with E-state index in [9.17, 15) is 25.2 Å². The van der Waals surface area contributed by atoms with Crippen molar-refractivity contribution >= 4 is 10.8 Å². The maximum Gasteiger partial charge on any atom is 0.258 e. The first-order valence-electron chi connectivity index (χ1n) is 6.52. The summed E-state index contributed by atoms with van der Waals surface area (Å²) in [6.07, 6.45) is 1.52. The summed E-state index contributed by atoms with van der Waals surface area (Å²) in [4.78, 5) is 12.4. The third-order valence-electron chi connectivity index (χ3n) is 3.51. The van der Waals surface area contributed by atoms with Gasteiger partial charge in [0.25, 0.3) is 5.56 Å². The second-order valence-electron chi connectivity index (χ2n) is 4.96. The molecule has 0 aliphatic rings. The van der Waals surface area contributed by atoms with Crippen molar-refractivity contribution in [3.8, 4) is 23.0 Å². The Morgan fingerprint density at radius 3 is 2.41 bits per heavy atom. The zero-order valence-electron chi connectivity index (χ0n) is 11.4. The molecule has 0 aliphatic heterocycles. The second kappa shape index (κ2) is 5.00. The minimum absolute atomic E-state index is 0.0661. The highest BCUT2D eigenvalue weighted by atomic mass is 16.3. The molecule has 6 nitrogen and oxygen atoms in total. The number of nitrogens with zero attached hydrogens (tertiary/aromatic N) is 1. The highest BCUT2D eigenvalue weighted by Gasteiger charge is 2.10. The van der Waals surface area contributed by atoms with E-state index in [4.69, 9.17) is 0 Å². The molecule has 0 atom stereocenters. The fourth-order valence-electron chi connectivity index (χ4n) is 2.32. The number of fused-ring (bicyclic) bond motifs is 1. The van der Waals surface area contributed by atoms with Crippen LogP contribution in [0.1, 0.15) is 5.56 Å². The van der Waals surface area contributed by atoms with Crippen molar-refractivity contribution in [3.05, 3.63) is 58.5 Å². The Bertz CT molecular complexity index is 930. The van der Waals surface area contributed by atoms with Crippen molar-refractivity contribution in [1.82, 2.24) is 4.57 Å². The molecule has 3 aromatic rings. The van der Waals surface area contributed by atoms with Crippen LogP contribution in [-0.4, -0.2) is 25.0 Å². The van der Waals surface area contributed by atoms with Crippen LogP contribution in [0.25, 0.3) is 10.8 Å². The monoisotopic (exact) mass is 299 g/mol. The van der Waals surface area contributed by atoms with Gasteiger partial charge in [0.1, 0.15) is 0 Å². The lowest BCUT2D eigenvalue weighted by Crippen LogP contribution is -2.20. The summed E-state index contributed by atoms with van der Waals surface area (Å²) in [5.41, 5.74) is 0.0139. The SMILES string of the molecule is O=c1c2cc(O)c(O)cc2ccn1Cc1cccc(O)c1O. The Morgan fingerprint density at radius 1 is 0.909 bits per heavy atom. The van der Waals surface area contributed by atoms with Gasteiger partial charge in [-0.05, 0) is 29.7 Å². The van der Waals surface area contributed by atoms with Crippen LogP contribution in [0.5, 0.6) is 23.0 Å². The lowest BCUT2D eigenvalue weighted by molar-refractivity contribution is 0.398. The average Bonchev–Trinajstić information content (AvgIpc) is 2.49. The molecular weight excluding hydrogens is 286 g/mol. The van der Waals surface area contributed by atoms with E-state index in [0.29, 0.717) is 10.9 Å². The number of phenols is 4. The summed E-state index contributed by atoms with van der Waals surface area (Å²) < 4.78 is 1.34. The molecule has 0 saturated heterocycles. The number of aromatic hydroxyl groups is 4. The van der Waals surface area contributed by atoms with Crippen molar-refractivity contribution < 1.29 is 20.4 Å². The van der Waals surface area contributed by atoms with E-state index < -0.39 is 0 Å². The van der Waals surface area contributed by atoms with Crippen LogP contribution in [0.4, 0.5) is 0 Å². The smallest absolute Gasteiger partial charge is 0.258 e. The molecule has 0 aliphatic carbocycles. The number of phenolic OH excluding ortho intramolecular Hbond substituents is 4. The van der Waals surface area contributed by atoms with Gasteiger partial charge in [0.15, 0.2) is 23.0 Å². The fraction of sp³-hybridized carbons (Fsp3) is 0.0625. The molecule has 0 unspecified atom stereocenters. The molecule has 0 saturated carbocycles. The van der Waals surface area contributed by atoms with Crippen LogP contribution < -0.4 is 5.56 Å². The topological polar surface area (TPSA) is 103 Å². The number of rotatable bonds is 2. The van der Waals surface area contributed by atoms with Crippen LogP contribution in [-0.2, 0) is 6.54 Å². The van der Waals surface area contributed by atoms with Gasteiger partial charge in [-0.2, -0.15) is 0 Å². The van der Waals surface area contributed by atoms with Crippen LogP contribution in [0.15, 0.2) is 47.4 Å². The van der Waals surface area contributed by atoms with Gasteiger partial charge in [-0.15, -0.1) is 0 Å². The molecule has 2 aromatic carbocycles. The molecule has 0 amide bonds. The van der Waals surface area contributed by atoms with Gasteiger partial charge >= 0.3 is 0 Å². The van der Waals surface area contributed by atoms with Crippen LogP contribution in [0.3, 0.4) is 0 Å². The van der Waals surface area contributed by atoms with E-state index in [-0.39, 0.29) is 40.5 Å². The minimum atomic E-state index is -0.379. The number of para-hydroxylation sites is 1. The molecule has 1 aromatic heterocycles. The zero-order valence-corrected chi connectivity index (χ0v) is 11.4. The molecule has 1 heterocycles. The Labute approximate surface area is 124 Å². The van der Waals surface area contributed by atoms with Gasteiger partial charge in [0, 0.05) is 11.8 Å². The predicted molar refractivity (Wildman–Crippen MR) is 80.4 cm³/mol. The van der Waals surface area contributed by atoms with E-state index in [0.717, 1.165) is 0 Å². The molecule has 0 bridgehead atoms. The summed E-state index contributed by atoms with van der Waals surface area (Å²) in [5, 5.41) is 39.0. The van der Waals surface area contributed by atoms with Gasteiger partial charge in [0.2, 0.25) is 0 Å². The molecule has 4 N–H and O–H groups in total. The van der Waals surface area contributed by atoms with Gasteiger partial charge < -0.3 is 25.0 Å². The van der Waals surface area contributed by atoms with Crippen LogP contribution >= 0.6 is 0 Å². The van der Waals surface area contributed by atoms with E-state index in [1.165, 1.54) is 29.0 Å². The third-order valence-corrected chi connectivity index (χ3v) is 3.51. The van der Waals surface area contributed by atoms with Crippen molar-refractivity contribution in [1.29, 1.82) is 0 Å². The summed E-state index contributed by atoms with van der Waals surface area (Å²) in [6, 6.07) is 8.65. The van der Waals surface area contributed by atoms with Crippen LogP contribution in [0.2, 0.25) is 0 Å². The molecular formula is C16H13NO5. The maximum absolute atomic E-state index is 12.4. The van der Waals surface area contributed by atoms with E-state index in [1.807, 2.05) is 0 Å². The van der Waals surface area contributed by atoms with Crippen molar-refractivity contribution in [2.45, 2.75) is 6.54 Å². The Hall–Kier alpha value is -3.15. The normalized spacial score (nSPS) is 10.9. The molecule has 6 heteroatoms. The number of hydrogen-bond acceptors (Lipinski definition) is 5. The number of pyridine rings is 1.